The highest BCUT2D eigenvalue weighted by Gasteiger charge is 2.40. The molecule has 0 aromatic carbocycles. The Bertz CT molecular complexity index is 730. The van der Waals surface area contributed by atoms with Gasteiger partial charge in [-0.25, -0.2) is 4.98 Å². The van der Waals surface area contributed by atoms with Crippen molar-refractivity contribution in [3.05, 3.63) is 29.0 Å². The number of carboxylic acids is 1. The predicted octanol–water partition coefficient (Wildman–Crippen LogP) is 3.48. The fraction of sp³-hybridized carbons (Fsp3) is 0.471. The van der Waals surface area contributed by atoms with Crippen LogP contribution < -0.4 is 5.32 Å². The van der Waals surface area contributed by atoms with Gasteiger partial charge in [0.25, 0.3) is 5.91 Å². The van der Waals surface area contributed by atoms with Crippen molar-refractivity contribution in [2.24, 2.45) is 5.41 Å². The topological polar surface area (TPSA) is 92.4 Å². The van der Waals surface area contributed by atoms with Gasteiger partial charge in [0, 0.05) is 11.4 Å². The molecule has 0 aliphatic heterocycles. The minimum Gasteiger partial charge on any atom is -0.481 e. The number of nitrogens with zero attached hydrogens (tertiary/aromatic N) is 1. The highest BCUT2D eigenvalue weighted by atomic mass is 32.1. The lowest BCUT2D eigenvalue weighted by atomic mass is 9.74. The van der Waals surface area contributed by atoms with Gasteiger partial charge in [-0.15, -0.1) is 11.3 Å². The molecule has 0 spiro atoms. The van der Waals surface area contributed by atoms with Crippen molar-refractivity contribution in [2.75, 3.05) is 6.54 Å². The van der Waals surface area contributed by atoms with Crippen LogP contribution in [0.3, 0.4) is 0 Å². The largest absolute Gasteiger partial charge is 0.481 e. The Labute approximate surface area is 143 Å². The molecule has 2 heterocycles. The third kappa shape index (κ3) is 3.21. The van der Waals surface area contributed by atoms with E-state index in [4.69, 9.17) is 4.42 Å². The van der Waals surface area contributed by atoms with E-state index >= 15 is 0 Å². The number of carbonyl (C=O) groups excluding carboxylic acids is 1. The van der Waals surface area contributed by atoms with Gasteiger partial charge in [0.15, 0.2) is 10.8 Å². The quantitative estimate of drug-likeness (QED) is 0.863. The summed E-state index contributed by atoms with van der Waals surface area (Å²) in [7, 11) is 0. The first-order valence-corrected chi connectivity index (χ1v) is 8.86. The van der Waals surface area contributed by atoms with E-state index in [1.807, 2.05) is 6.92 Å². The van der Waals surface area contributed by atoms with E-state index < -0.39 is 11.4 Å². The first-order valence-electron chi connectivity index (χ1n) is 8.05. The van der Waals surface area contributed by atoms with Crippen LogP contribution in [0.25, 0.3) is 10.8 Å². The summed E-state index contributed by atoms with van der Waals surface area (Å²) < 4.78 is 5.31. The molecule has 1 saturated carbocycles. The van der Waals surface area contributed by atoms with Gasteiger partial charge in [-0.1, -0.05) is 19.3 Å². The number of hydrogen-bond donors (Lipinski definition) is 2. The maximum atomic E-state index is 12.5. The minimum atomic E-state index is -0.846. The number of carbonyl (C=O) groups is 2. The molecule has 2 aromatic rings. The Kier molecular flexibility index (Phi) is 4.71. The summed E-state index contributed by atoms with van der Waals surface area (Å²) in [4.78, 5) is 29.3. The normalized spacial score (nSPS) is 16.7. The third-order valence-corrected chi connectivity index (χ3v) is 5.58. The average Bonchev–Trinajstić information content (AvgIpc) is 3.22. The molecule has 7 heteroatoms. The summed E-state index contributed by atoms with van der Waals surface area (Å²) in [6.07, 6.45) is 5.61. The second-order valence-electron chi connectivity index (χ2n) is 6.23. The lowest BCUT2D eigenvalue weighted by Crippen LogP contribution is -2.44. The second kappa shape index (κ2) is 6.76. The summed E-state index contributed by atoms with van der Waals surface area (Å²) >= 11 is 1.39. The molecule has 0 bridgehead atoms. The van der Waals surface area contributed by atoms with Crippen molar-refractivity contribution >= 4 is 23.2 Å². The summed E-state index contributed by atoms with van der Waals surface area (Å²) in [6, 6.07) is 3.56. The Morgan fingerprint density at radius 2 is 2.12 bits per heavy atom. The zero-order valence-electron chi connectivity index (χ0n) is 13.5. The molecule has 3 rings (SSSR count). The maximum absolute atomic E-state index is 12.5. The van der Waals surface area contributed by atoms with Crippen molar-refractivity contribution in [1.82, 2.24) is 10.3 Å². The summed E-state index contributed by atoms with van der Waals surface area (Å²) in [5.74, 6) is -0.530. The number of rotatable bonds is 5. The van der Waals surface area contributed by atoms with Crippen molar-refractivity contribution in [1.29, 1.82) is 0 Å². The smallest absolute Gasteiger partial charge is 0.311 e. The minimum absolute atomic E-state index is 0.147. The summed E-state index contributed by atoms with van der Waals surface area (Å²) in [5, 5.41) is 13.0. The van der Waals surface area contributed by atoms with Crippen LogP contribution in [0.4, 0.5) is 0 Å². The SMILES string of the molecule is Cc1sc(-c2ccco2)nc1C(=O)NCC1(C(=O)O)CCCCC1. The molecule has 1 aliphatic rings. The second-order valence-corrected chi connectivity index (χ2v) is 7.43. The van der Waals surface area contributed by atoms with Crippen molar-refractivity contribution in [3.63, 3.8) is 0 Å². The molecule has 0 atom stereocenters. The van der Waals surface area contributed by atoms with Crippen molar-refractivity contribution in [2.45, 2.75) is 39.0 Å². The number of aryl methyl sites for hydroxylation is 1. The van der Waals surface area contributed by atoms with Crippen LogP contribution in [-0.2, 0) is 4.79 Å². The molecule has 1 aliphatic carbocycles. The standard InChI is InChI=1S/C17H20N2O4S/c1-11-13(19-15(24-11)12-6-5-9-23-12)14(20)18-10-17(16(21)22)7-3-2-4-8-17/h5-6,9H,2-4,7-8,10H2,1H3,(H,18,20)(H,21,22). The molecule has 128 valence electrons. The fourth-order valence-electron chi connectivity index (χ4n) is 3.14. The van der Waals surface area contributed by atoms with E-state index in [0.717, 1.165) is 24.1 Å². The number of furan rings is 1. The first kappa shape index (κ1) is 16.7. The highest BCUT2D eigenvalue weighted by Crippen LogP contribution is 2.36. The lowest BCUT2D eigenvalue weighted by molar-refractivity contribution is -0.150. The third-order valence-electron chi connectivity index (χ3n) is 4.60. The van der Waals surface area contributed by atoms with E-state index in [9.17, 15) is 14.7 Å². The Balaban J connectivity index is 1.72. The van der Waals surface area contributed by atoms with Crippen LogP contribution in [0.15, 0.2) is 22.8 Å². The summed E-state index contributed by atoms with van der Waals surface area (Å²) in [5.41, 5.74) is -0.510. The van der Waals surface area contributed by atoms with E-state index in [1.165, 1.54) is 11.3 Å². The number of carboxylic acid groups (broad SMARTS) is 1. The molecular weight excluding hydrogens is 328 g/mol. The van der Waals surface area contributed by atoms with Crippen LogP contribution in [0.2, 0.25) is 0 Å². The van der Waals surface area contributed by atoms with E-state index in [-0.39, 0.29) is 12.5 Å². The fourth-order valence-corrected chi connectivity index (χ4v) is 4.02. The van der Waals surface area contributed by atoms with Gasteiger partial charge in [0.05, 0.1) is 11.7 Å². The molecular formula is C17H20N2O4S. The van der Waals surface area contributed by atoms with Crippen LogP contribution in [-0.4, -0.2) is 28.5 Å². The van der Waals surface area contributed by atoms with Gasteiger partial charge in [0.2, 0.25) is 0 Å². The van der Waals surface area contributed by atoms with Crippen LogP contribution in [0.5, 0.6) is 0 Å². The number of thiazole rings is 1. The van der Waals surface area contributed by atoms with Crippen molar-refractivity contribution < 1.29 is 19.1 Å². The molecule has 0 unspecified atom stereocenters. The van der Waals surface area contributed by atoms with Crippen LogP contribution in [0.1, 0.15) is 47.5 Å². The predicted molar refractivity (Wildman–Crippen MR) is 90.0 cm³/mol. The number of hydrogen-bond acceptors (Lipinski definition) is 5. The Morgan fingerprint density at radius 3 is 2.75 bits per heavy atom. The molecule has 6 nitrogen and oxygen atoms in total. The summed E-state index contributed by atoms with van der Waals surface area (Å²) in [6.45, 7) is 1.97. The van der Waals surface area contributed by atoms with Crippen molar-refractivity contribution in [3.8, 4) is 10.8 Å². The van der Waals surface area contributed by atoms with Crippen LogP contribution >= 0.6 is 11.3 Å². The molecule has 0 saturated heterocycles. The van der Waals surface area contributed by atoms with Gasteiger partial charge >= 0.3 is 5.97 Å². The lowest BCUT2D eigenvalue weighted by Gasteiger charge is -2.33. The van der Waals surface area contributed by atoms with Gasteiger partial charge in [-0.05, 0) is 31.9 Å². The van der Waals surface area contributed by atoms with Gasteiger partial charge in [-0.3, -0.25) is 9.59 Å². The average molecular weight is 348 g/mol. The molecule has 2 aromatic heterocycles. The zero-order chi connectivity index (χ0) is 17.2. The zero-order valence-corrected chi connectivity index (χ0v) is 14.3. The highest BCUT2D eigenvalue weighted by molar-refractivity contribution is 7.15. The number of aromatic nitrogens is 1. The molecule has 1 fully saturated rings. The monoisotopic (exact) mass is 348 g/mol. The molecule has 24 heavy (non-hydrogen) atoms. The van der Waals surface area contributed by atoms with Gasteiger partial charge < -0.3 is 14.8 Å². The Hall–Kier alpha value is -2.15. The van der Waals surface area contributed by atoms with E-state index in [0.29, 0.717) is 29.3 Å². The van der Waals surface area contributed by atoms with Crippen LogP contribution in [0, 0.1) is 12.3 Å². The molecule has 0 radical (unpaired) electrons. The van der Waals surface area contributed by atoms with E-state index in [1.54, 1.807) is 18.4 Å². The molecule has 2 N–H and O–H groups in total. The number of nitrogens with one attached hydrogen (secondary N) is 1. The number of aliphatic carboxylic acids is 1. The number of amides is 1. The Morgan fingerprint density at radius 1 is 1.38 bits per heavy atom. The van der Waals surface area contributed by atoms with Gasteiger partial charge in [-0.2, -0.15) is 0 Å². The maximum Gasteiger partial charge on any atom is 0.311 e. The van der Waals surface area contributed by atoms with Gasteiger partial charge in [0.1, 0.15) is 5.69 Å². The first-order chi connectivity index (χ1) is 11.5. The molecule has 1 amide bonds. The van der Waals surface area contributed by atoms with E-state index in [2.05, 4.69) is 10.3 Å².